The number of carbonyl (C=O) groups is 1. The summed E-state index contributed by atoms with van der Waals surface area (Å²) < 4.78 is 5.57. The van der Waals surface area contributed by atoms with Gasteiger partial charge in [-0.05, 0) is 25.3 Å². The standard InChI is InChI=1S/C14H18ClNO3/c1-2-12(14(17)18)19-13-9(4-3-5-11(13)15)8-16-10-6-7-10/h3-5,10,12,16H,2,6-8H2,1H3,(H,17,18). The van der Waals surface area contributed by atoms with Crippen molar-refractivity contribution in [1.29, 1.82) is 0 Å². The molecular weight excluding hydrogens is 266 g/mol. The number of rotatable bonds is 7. The van der Waals surface area contributed by atoms with Crippen LogP contribution in [0.15, 0.2) is 18.2 Å². The Morgan fingerprint density at radius 3 is 2.89 bits per heavy atom. The molecule has 2 rings (SSSR count). The molecule has 0 aliphatic heterocycles. The Morgan fingerprint density at radius 2 is 2.32 bits per heavy atom. The lowest BCUT2D eigenvalue weighted by atomic mass is 10.2. The lowest BCUT2D eigenvalue weighted by molar-refractivity contribution is -0.145. The Morgan fingerprint density at radius 1 is 1.58 bits per heavy atom. The maximum absolute atomic E-state index is 11.0. The Bertz CT molecular complexity index is 460. The number of para-hydroxylation sites is 1. The van der Waals surface area contributed by atoms with Crippen LogP contribution in [0.1, 0.15) is 31.7 Å². The van der Waals surface area contributed by atoms with Gasteiger partial charge in [-0.1, -0.05) is 30.7 Å². The zero-order chi connectivity index (χ0) is 13.8. The van der Waals surface area contributed by atoms with Crippen molar-refractivity contribution in [2.75, 3.05) is 0 Å². The topological polar surface area (TPSA) is 58.6 Å². The van der Waals surface area contributed by atoms with Crippen LogP contribution in [0, 0.1) is 0 Å². The molecule has 104 valence electrons. The van der Waals surface area contributed by atoms with Crippen LogP contribution in [0.5, 0.6) is 5.75 Å². The average Bonchev–Trinajstić information content (AvgIpc) is 3.19. The summed E-state index contributed by atoms with van der Waals surface area (Å²) in [7, 11) is 0. The highest BCUT2D eigenvalue weighted by Crippen LogP contribution is 2.31. The Kier molecular flexibility index (Phi) is 4.66. The number of hydrogen-bond acceptors (Lipinski definition) is 3. The van der Waals surface area contributed by atoms with Crippen molar-refractivity contribution in [2.24, 2.45) is 0 Å². The first kappa shape index (κ1) is 14.2. The molecule has 0 saturated heterocycles. The lowest BCUT2D eigenvalue weighted by Gasteiger charge is -2.18. The molecule has 1 aromatic carbocycles. The first-order chi connectivity index (χ1) is 9.11. The Labute approximate surface area is 117 Å². The molecule has 0 bridgehead atoms. The number of halogens is 1. The predicted molar refractivity (Wildman–Crippen MR) is 73.7 cm³/mol. The van der Waals surface area contributed by atoms with Crippen molar-refractivity contribution >= 4 is 17.6 Å². The van der Waals surface area contributed by atoms with Crippen molar-refractivity contribution in [3.05, 3.63) is 28.8 Å². The molecule has 1 atom stereocenters. The molecule has 0 heterocycles. The Hall–Kier alpha value is -1.26. The molecule has 5 heteroatoms. The van der Waals surface area contributed by atoms with E-state index in [1.165, 1.54) is 12.8 Å². The third-order valence-electron chi connectivity index (χ3n) is 3.11. The summed E-state index contributed by atoms with van der Waals surface area (Å²) in [6.07, 6.45) is 1.93. The zero-order valence-corrected chi connectivity index (χ0v) is 11.6. The van der Waals surface area contributed by atoms with Crippen molar-refractivity contribution in [1.82, 2.24) is 5.32 Å². The maximum Gasteiger partial charge on any atom is 0.344 e. The first-order valence-electron chi connectivity index (χ1n) is 6.52. The number of hydrogen-bond donors (Lipinski definition) is 2. The molecule has 1 unspecified atom stereocenters. The van der Waals surface area contributed by atoms with E-state index in [1.54, 1.807) is 13.0 Å². The summed E-state index contributed by atoms with van der Waals surface area (Å²) in [6.45, 7) is 2.42. The summed E-state index contributed by atoms with van der Waals surface area (Å²) in [5.74, 6) is -0.491. The van der Waals surface area contributed by atoms with E-state index in [4.69, 9.17) is 21.4 Å². The molecule has 1 fully saturated rings. The second-order valence-corrected chi connectivity index (χ2v) is 5.14. The molecule has 0 spiro atoms. The van der Waals surface area contributed by atoms with E-state index < -0.39 is 12.1 Å². The van der Waals surface area contributed by atoms with Crippen LogP contribution in [0.2, 0.25) is 5.02 Å². The van der Waals surface area contributed by atoms with Gasteiger partial charge in [0, 0.05) is 18.2 Å². The number of benzene rings is 1. The lowest BCUT2D eigenvalue weighted by Crippen LogP contribution is -2.27. The van der Waals surface area contributed by atoms with Gasteiger partial charge in [0.2, 0.25) is 0 Å². The minimum absolute atomic E-state index is 0.399. The third-order valence-corrected chi connectivity index (χ3v) is 3.41. The van der Waals surface area contributed by atoms with Crippen LogP contribution in [0.25, 0.3) is 0 Å². The fourth-order valence-electron chi connectivity index (χ4n) is 1.82. The van der Waals surface area contributed by atoms with Crippen LogP contribution >= 0.6 is 11.6 Å². The molecule has 0 radical (unpaired) electrons. The molecule has 19 heavy (non-hydrogen) atoms. The number of ether oxygens (including phenoxy) is 1. The zero-order valence-electron chi connectivity index (χ0n) is 10.9. The molecule has 1 saturated carbocycles. The number of nitrogens with one attached hydrogen (secondary N) is 1. The van der Waals surface area contributed by atoms with Gasteiger partial charge >= 0.3 is 5.97 Å². The smallest absolute Gasteiger partial charge is 0.344 e. The van der Waals surface area contributed by atoms with Gasteiger partial charge in [-0.3, -0.25) is 0 Å². The number of carboxylic acids is 1. The molecule has 1 aliphatic carbocycles. The van der Waals surface area contributed by atoms with E-state index in [2.05, 4.69) is 5.32 Å². The molecule has 2 N–H and O–H groups in total. The summed E-state index contributed by atoms with van der Waals surface area (Å²) >= 11 is 6.12. The van der Waals surface area contributed by atoms with Gasteiger partial charge in [0.1, 0.15) is 5.75 Å². The second kappa shape index (κ2) is 6.26. The van der Waals surface area contributed by atoms with Crippen LogP contribution in [-0.4, -0.2) is 23.2 Å². The van der Waals surface area contributed by atoms with Crippen molar-refractivity contribution in [2.45, 2.75) is 44.9 Å². The monoisotopic (exact) mass is 283 g/mol. The number of aliphatic carboxylic acids is 1. The fourth-order valence-corrected chi connectivity index (χ4v) is 2.06. The van der Waals surface area contributed by atoms with Crippen molar-refractivity contribution in [3.8, 4) is 5.75 Å². The summed E-state index contributed by atoms with van der Waals surface area (Å²) in [4.78, 5) is 11.0. The van der Waals surface area contributed by atoms with E-state index in [1.807, 2.05) is 12.1 Å². The molecule has 1 aromatic rings. The van der Waals surface area contributed by atoms with Gasteiger partial charge in [0.15, 0.2) is 6.10 Å². The molecule has 0 amide bonds. The van der Waals surface area contributed by atoms with Gasteiger partial charge in [0.25, 0.3) is 0 Å². The van der Waals surface area contributed by atoms with E-state index in [0.29, 0.717) is 29.8 Å². The Balaban J connectivity index is 2.13. The molecule has 4 nitrogen and oxygen atoms in total. The molecule has 1 aliphatic rings. The van der Waals surface area contributed by atoms with Crippen LogP contribution in [0.3, 0.4) is 0 Å². The molecule has 0 aromatic heterocycles. The van der Waals surface area contributed by atoms with Gasteiger partial charge in [-0.2, -0.15) is 0 Å². The van der Waals surface area contributed by atoms with Crippen LogP contribution in [-0.2, 0) is 11.3 Å². The van der Waals surface area contributed by atoms with E-state index in [0.717, 1.165) is 5.56 Å². The number of carboxylic acid groups (broad SMARTS) is 1. The average molecular weight is 284 g/mol. The summed E-state index contributed by atoms with van der Waals surface area (Å²) in [6, 6.07) is 6.05. The highest BCUT2D eigenvalue weighted by molar-refractivity contribution is 6.32. The first-order valence-corrected chi connectivity index (χ1v) is 6.89. The van der Waals surface area contributed by atoms with Gasteiger partial charge < -0.3 is 15.2 Å². The van der Waals surface area contributed by atoms with E-state index in [-0.39, 0.29) is 0 Å². The van der Waals surface area contributed by atoms with Gasteiger partial charge in [0.05, 0.1) is 5.02 Å². The highest BCUT2D eigenvalue weighted by atomic mass is 35.5. The van der Waals surface area contributed by atoms with E-state index in [9.17, 15) is 4.79 Å². The quantitative estimate of drug-likeness (QED) is 0.808. The molecular formula is C14H18ClNO3. The van der Waals surface area contributed by atoms with Crippen molar-refractivity contribution < 1.29 is 14.6 Å². The second-order valence-electron chi connectivity index (χ2n) is 4.74. The minimum atomic E-state index is -0.969. The van der Waals surface area contributed by atoms with Gasteiger partial charge in [-0.25, -0.2) is 4.79 Å². The van der Waals surface area contributed by atoms with Crippen LogP contribution < -0.4 is 10.1 Å². The van der Waals surface area contributed by atoms with Gasteiger partial charge in [-0.15, -0.1) is 0 Å². The van der Waals surface area contributed by atoms with Crippen LogP contribution in [0.4, 0.5) is 0 Å². The third kappa shape index (κ3) is 3.85. The summed E-state index contributed by atoms with van der Waals surface area (Å²) in [5, 5.41) is 12.9. The minimum Gasteiger partial charge on any atom is -0.479 e. The SMILES string of the molecule is CCC(Oc1c(Cl)cccc1CNC1CC1)C(=O)O. The fraction of sp³-hybridized carbons (Fsp3) is 0.500. The predicted octanol–water partition coefficient (Wildman–Crippen LogP) is 2.83. The largest absolute Gasteiger partial charge is 0.479 e. The normalized spacial score (nSPS) is 16.1. The van der Waals surface area contributed by atoms with E-state index >= 15 is 0 Å². The maximum atomic E-state index is 11.0. The summed E-state index contributed by atoms with van der Waals surface area (Å²) in [5.41, 5.74) is 0.902. The highest BCUT2D eigenvalue weighted by Gasteiger charge is 2.23. The van der Waals surface area contributed by atoms with Crippen molar-refractivity contribution in [3.63, 3.8) is 0 Å².